The normalized spacial score (nSPS) is 13.6. The van der Waals surface area contributed by atoms with E-state index in [4.69, 9.17) is 0 Å². The van der Waals surface area contributed by atoms with E-state index in [9.17, 15) is 0 Å². The van der Waals surface area contributed by atoms with E-state index in [1.165, 1.54) is 120 Å². The molecule has 16 rings (SSSR count). The van der Waals surface area contributed by atoms with Crippen molar-refractivity contribution in [1.29, 1.82) is 0 Å². The number of nitrogens with zero attached hydrogens (tertiary/aromatic N) is 2. The van der Waals surface area contributed by atoms with Crippen LogP contribution in [0, 0.1) is 0 Å². The van der Waals surface area contributed by atoms with Gasteiger partial charge in [-0.3, -0.25) is 0 Å². The molecular formula is C78H58N2Si2. The van der Waals surface area contributed by atoms with E-state index < -0.39 is 16.1 Å². The van der Waals surface area contributed by atoms with E-state index in [2.05, 4.69) is 315 Å². The minimum Gasteiger partial charge on any atom is -0.309 e. The summed E-state index contributed by atoms with van der Waals surface area (Å²) in [6, 6.07) is 104. The molecule has 82 heavy (non-hydrogen) atoms. The van der Waals surface area contributed by atoms with Gasteiger partial charge in [-0.25, -0.2) is 0 Å². The Balaban J connectivity index is 0.877. The number of rotatable bonds is 8. The summed E-state index contributed by atoms with van der Waals surface area (Å²) >= 11 is 0. The highest BCUT2D eigenvalue weighted by Crippen LogP contribution is 2.52. The highest BCUT2D eigenvalue weighted by atomic mass is 28.3. The van der Waals surface area contributed by atoms with Crippen LogP contribution in [0.5, 0.6) is 0 Å². The summed E-state index contributed by atoms with van der Waals surface area (Å²) < 4.78 is 0. The third kappa shape index (κ3) is 7.05. The number of hydrogen-bond donors (Lipinski definition) is 0. The number of anilines is 6. The average molecular weight is 1080 g/mol. The van der Waals surface area contributed by atoms with Crippen molar-refractivity contribution in [2.45, 2.75) is 26.2 Å². The van der Waals surface area contributed by atoms with E-state index in [-0.39, 0.29) is 0 Å². The monoisotopic (exact) mass is 1080 g/mol. The second kappa shape index (κ2) is 18.5. The smallest absolute Gasteiger partial charge is 0.113 e. The Labute approximate surface area is 481 Å². The second-order valence-corrected chi connectivity index (χ2v) is 32.0. The van der Waals surface area contributed by atoms with Crippen LogP contribution in [0.15, 0.2) is 279 Å². The lowest BCUT2D eigenvalue weighted by Gasteiger charge is -2.30. The van der Waals surface area contributed by atoms with Gasteiger partial charge in [0.25, 0.3) is 0 Å². The van der Waals surface area contributed by atoms with Gasteiger partial charge in [0.15, 0.2) is 0 Å². The summed E-state index contributed by atoms with van der Waals surface area (Å²) in [5.74, 6) is 0. The van der Waals surface area contributed by atoms with Crippen LogP contribution in [0.25, 0.3) is 98.4 Å². The molecule has 0 saturated carbocycles. The molecule has 0 atom stereocenters. The summed E-state index contributed by atoms with van der Waals surface area (Å²) in [6.07, 6.45) is 0. The minimum absolute atomic E-state index is 1.13. The molecule has 0 saturated heterocycles. The van der Waals surface area contributed by atoms with Gasteiger partial charge in [0.1, 0.15) is 16.1 Å². The Hall–Kier alpha value is -9.59. The largest absolute Gasteiger partial charge is 0.309 e. The molecule has 2 aliphatic heterocycles. The topological polar surface area (TPSA) is 6.48 Å². The first-order valence-electron chi connectivity index (χ1n) is 28.8. The highest BCUT2D eigenvalue weighted by Gasteiger charge is 2.49. The van der Waals surface area contributed by atoms with E-state index >= 15 is 0 Å². The average Bonchev–Trinajstić information content (AvgIpc) is 2.43. The van der Waals surface area contributed by atoms with Crippen LogP contribution in [-0.4, -0.2) is 16.1 Å². The lowest BCUT2D eigenvalue weighted by Crippen LogP contribution is -2.63. The van der Waals surface area contributed by atoms with Gasteiger partial charge < -0.3 is 9.80 Å². The van der Waals surface area contributed by atoms with Crippen molar-refractivity contribution in [1.82, 2.24) is 0 Å². The standard InChI is InChI=1S/C78H58N2Si2/c1-81(2)69-49-51(71-59-37-19-23-41-63(59)75(64-42-24-20-38-60(64)71)79(53-27-9-5-10-28-53)54-29-11-6-12-30-54)45-47-67(69)73-57-35-17-18-36-58(57)74-68-48-46-52(50-70(68)82(3,4)78(74)77(73)81)72-61-39-21-25-43-65(61)76(66-44-26-22-40-62(66)72)80(55-31-13-7-14-32-55)56-33-15-8-16-34-56/h5-50H,1-4H3. The Morgan fingerprint density at radius 2 is 0.463 bits per heavy atom. The van der Waals surface area contributed by atoms with Gasteiger partial charge in [0, 0.05) is 44.3 Å². The maximum absolute atomic E-state index is 2.65. The first-order valence-corrected chi connectivity index (χ1v) is 34.8. The lowest BCUT2D eigenvalue weighted by atomic mass is 9.87. The molecular weight excluding hydrogens is 1020 g/mol. The van der Waals surface area contributed by atoms with Crippen LogP contribution in [0.2, 0.25) is 26.2 Å². The van der Waals surface area contributed by atoms with Gasteiger partial charge in [-0.2, -0.15) is 0 Å². The molecule has 0 N–H and O–H groups in total. The minimum atomic E-state index is -2.40. The molecule has 0 bridgehead atoms. The van der Waals surface area contributed by atoms with Crippen molar-refractivity contribution in [2.24, 2.45) is 0 Å². The first kappa shape index (κ1) is 48.3. The molecule has 0 unspecified atom stereocenters. The zero-order chi connectivity index (χ0) is 54.8. The van der Waals surface area contributed by atoms with E-state index in [1.54, 1.807) is 10.4 Å². The van der Waals surface area contributed by atoms with Crippen molar-refractivity contribution in [3.8, 4) is 44.5 Å². The van der Waals surface area contributed by atoms with Crippen LogP contribution in [0.4, 0.5) is 34.1 Å². The number of hydrogen-bond acceptors (Lipinski definition) is 2. The predicted molar refractivity (Wildman–Crippen MR) is 359 cm³/mol. The molecule has 2 aliphatic rings. The molecule has 0 radical (unpaired) electrons. The van der Waals surface area contributed by atoms with Crippen molar-refractivity contribution >= 4 is 125 Å². The van der Waals surface area contributed by atoms with Crippen LogP contribution in [-0.2, 0) is 0 Å². The maximum Gasteiger partial charge on any atom is 0.113 e. The molecule has 0 amide bonds. The SMILES string of the molecule is C[Si]1(C)c2cc(-c3c4ccccc4c(N(c4ccccc4)c4ccccc4)c4ccccc34)ccc2-c2c1c1c(c3ccccc23)-c2ccc(-c3c4ccccc4c(N(c4ccccc4)c4ccccc4)c4ccccc34)cc2[Si]1(C)C. The van der Waals surface area contributed by atoms with Crippen LogP contribution < -0.4 is 30.5 Å². The quantitative estimate of drug-likeness (QED) is 0.111. The molecule has 14 aromatic rings. The van der Waals surface area contributed by atoms with Crippen molar-refractivity contribution in [2.75, 3.05) is 9.80 Å². The van der Waals surface area contributed by atoms with E-state index in [1.807, 2.05) is 0 Å². The number of benzene rings is 14. The summed E-state index contributed by atoms with van der Waals surface area (Å²) in [5, 5.41) is 19.1. The third-order valence-electron chi connectivity index (χ3n) is 18.3. The molecule has 2 nitrogen and oxygen atoms in total. The van der Waals surface area contributed by atoms with Crippen LogP contribution in [0.3, 0.4) is 0 Å². The van der Waals surface area contributed by atoms with Gasteiger partial charge in [0.05, 0.1) is 11.4 Å². The van der Waals surface area contributed by atoms with Crippen molar-refractivity contribution in [3.63, 3.8) is 0 Å². The summed E-state index contributed by atoms with van der Waals surface area (Å²) in [4.78, 5) is 4.91. The Bertz CT molecular complexity index is 4410. The van der Waals surface area contributed by atoms with Gasteiger partial charge in [0.2, 0.25) is 0 Å². The highest BCUT2D eigenvalue weighted by molar-refractivity contribution is 7.13. The Morgan fingerprint density at radius 1 is 0.232 bits per heavy atom. The van der Waals surface area contributed by atoms with Gasteiger partial charge in [-0.1, -0.05) is 257 Å². The van der Waals surface area contributed by atoms with Gasteiger partial charge >= 0.3 is 0 Å². The Kier molecular flexibility index (Phi) is 10.9. The van der Waals surface area contributed by atoms with E-state index in [0.29, 0.717) is 0 Å². The zero-order valence-corrected chi connectivity index (χ0v) is 48.5. The van der Waals surface area contributed by atoms with Gasteiger partial charge in [-0.05, 0) is 146 Å². The van der Waals surface area contributed by atoms with Crippen LogP contribution in [0.1, 0.15) is 0 Å². The molecule has 0 aliphatic carbocycles. The fourth-order valence-corrected chi connectivity index (χ4v) is 23.3. The molecule has 0 fully saturated rings. The van der Waals surface area contributed by atoms with Crippen molar-refractivity contribution in [3.05, 3.63) is 279 Å². The maximum atomic E-state index is 2.65. The summed E-state index contributed by atoms with van der Waals surface area (Å²) in [5.41, 5.74) is 17.9. The number of fused-ring (bicyclic) bond motifs is 14. The van der Waals surface area contributed by atoms with Crippen LogP contribution >= 0.6 is 0 Å². The third-order valence-corrected chi connectivity index (χ3v) is 25.5. The number of para-hydroxylation sites is 4. The first-order chi connectivity index (χ1) is 40.3. The van der Waals surface area contributed by atoms with E-state index in [0.717, 1.165) is 22.7 Å². The lowest BCUT2D eigenvalue weighted by molar-refractivity contribution is 1.31. The molecule has 0 aromatic heterocycles. The molecule has 388 valence electrons. The van der Waals surface area contributed by atoms with Crippen molar-refractivity contribution < 1.29 is 0 Å². The fraction of sp³-hybridized carbons (Fsp3) is 0.0513. The molecule has 4 heteroatoms. The fourth-order valence-electron chi connectivity index (χ4n) is 14.8. The predicted octanol–water partition coefficient (Wildman–Crippen LogP) is 19.3. The zero-order valence-electron chi connectivity index (χ0n) is 46.5. The molecule has 2 heterocycles. The summed E-state index contributed by atoms with van der Waals surface area (Å²) in [7, 11) is -4.80. The molecule has 0 spiro atoms. The second-order valence-electron chi connectivity index (χ2n) is 23.5. The Morgan fingerprint density at radius 3 is 0.732 bits per heavy atom. The molecule has 14 aromatic carbocycles. The summed E-state index contributed by atoms with van der Waals surface area (Å²) in [6.45, 7) is 10.6. The van der Waals surface area contributed by atoms with Gasteiger partial charge in [-0.15, -0.1) is 0 Å².